The van der Waals surface area contributed by atoms with E-state index < -0.39 is 0 Å². The van der Waals surface area contributed by atoms with E-state index in [1.165, 1.54) is 38.5 Å². The molecule has 6 heteroatoms. The standard InChI is InChI=1S/C15H26N4OS/c1-2-16-12-7-5-3-4-6-8-13(12)21-15-18-17-14(20)19(15)11-9-10-11/h11-13,16H,2-10H2,1H3,(H,17,20). The highest BCUT2D eigenvalue weighted by Crippen LogP contribution is 2.38. The SMILES string of the molecule is CCNC1CCCCCCC1Sc1n[nH]c(=O)n1C1CC1. The Bertz CT molecular complexity index is 508. The molecule has 2 aliphatic carbocycles. The first-order valence-electron chi connectivity index (χ1n) is 8.36. The summed E-state index contributed by atoms with van der Waals surface area (Å²) in [6.45, 7) is 3.19. The minimum Gasteiger partial charge on any atom is -0.313 e. The van der Waals surface area contributed by atoms with Gasteiger partial charge in [-0.25, -0.2) is 9.89 Å². The first-order valence-corrected chi connectivity index (χ1v) is 9.24. The van der Waals surface area contributed by atoms with E-state index in [0.717, 1.165) is 24.5 Å². The van der Waals surface area contributed by atoms with E-state index in [1.807, 2.05) is 16.3 Å². The van der Waals surface area contributed by atoms with Crippen molar-refractivity contribution >= 4 is 11.8 Å². The van der Waals surface area contributed by atoms with E-state index in [9.17, 15) is 4.79 Å². The molecule has 21 heavy (non-hydrogen) atoms. The normalized spacial score (nSPS) is 27.3. The Morgan fingerprint density at radius 1 is 1.24 bits per heavy atom. The third-order valence-electron chi connectivity index (χ3n) is 4.51. The van der Waals surface area contributed by atoms with Crippen LogP contribution in [0.25, 0.3) is 0 Å². The zero-order valence-corrected chi connectivity index (χ0v) is 13.6. The van der Waals surface area contributed by atoms with Crippen LogP contribution in [0.15, 0.2) is 9.95 Å². The molecule has 2 aliphatic rings. The minimum absolute atomic E-state index is 0.0363. The molecule has 3 rings (SSSR count). The Balaban J connectivity index is 1.74. The first-order chi connectivity index (χ1) is 10.3. The monoisotopic (exact) mass is 310 g/mol. The van der Waals surface area contributed by atoms with Crippen LogP contribution in [0.1, 0.15) is 64.3 Å². The van der Waals surface area contributed by atoms with E-state index in [1.54, 1.807) is 0 Å². The average Bonchev–Trinajstić information content (AvgIpc) is 3.22. The van der Waals surface area contributed by atoms with Gasteiger partial charge >= 0.3 is 5.69 Å². The van der Waals surface area contributed by atoms with Crippen LogP contribution < -0.4 is 11.0 Å². The Kier molecular flexibility index (Phi) is 5.06. The molecule has 0 radical (unpaired) electrons. The molecule has 1 aromatic heterocycles. The molecule has 0 amide bonds. The fourth-order valence-electron chi connectivity index (χ4n) is 3.25. The van der Waals surface area contributed by atoms with E-state index in [4.69, 9.17) is 0 Å². The molecular weight excluding hydrogens is 284 g/mol. The molecule has 5 nitrogen and oxygen atoms in total. The van der Waals surface area contributed by atoms with Crippen LogP contribution in [-0.4, -0.2) is 32.6 Å². The summed E-state index contributed by atoms with van der Waals surface area (Å²) in [5, 5.41) is 12.0. The van der Waals surface area contributed by atoms with Gasteiger partial charge in [-0.15, -0.1) is 5.10 Å². The summed E-state index contributed by atoms with van der Waals surface area (Å²) in [7, 11) is 0. The third kappa shape index (κ3) is 3.72. The number of H-pyrrole nitrogens is 1. The second-order valence-corrected chi connectivity index (χ2v) is 7.43. The van der Waals surface area contributed by atoms with Gasteiger partial charge in [0.1, 0.15) is 0 Å². The smallest absolute Gasteiger partial charge is 0.313 e. The van der Waals surface area contributed by atoms with Crippen LogP contribution in [0.4, 0.5) is 0 Å². The van der Waals surface area contributed by atoms with Crippen LogP contribution in [-0.2, 0) is 0 Å². The van der Waals surface area contributed by atoms with Gasteiger partial charge in [0.25, 0.3) is 0 Å². The fraction of sp³-hybridized carbons (Fsp3) is 0.867. The lowest BCUT2D eigenvalue weighted by atomic mass is 9.96. The largest absolute Gasteiger partial charge is 0.344 e. The van der Waals surface area contributed by atoms with Crippen molar-refractivity contribution < 1.29 is 0 Å². The molecule has 0 aliphatic heterocycles. The topological polar surface area (TPSA) is 62.7 Å². The molecular formula is C15H26N4OS. The Hall–Kier alpha value is -0.750. The van der Waals surface area contributed by atoms with Crippen molar-refractivity contribution in [1.82, 2.24) is 20.1 Å². The van der Waals surface area contributed by atoms with Crippen molar-refractivity contribution in [1.29, 1.82) is 0 Å². The van der Waals surface area contributed by atoms with Crippen molar-refractivity contribution in [3.05, 3.63) is 10.5 Å². The van der Waals surface area contributed by atoms with E-state index in [-0.39, 0.29) is 5.69 Å². The lowest BCUT2D eigenvalue weighted by molar-refractivity contribution is 0.405. The Morgan fingerprint density at radius 2 is 2.00 bits per heavy atom. The second kappa shape index (κ2) is 7.01. The van der Waals surface area contributed by atoms with E-state index in [0.29, 0.717) is 17.3 Å². The lowest BCUT2D eigenvalue weighted by Crippen LogP contribution is -2.39. The number of hydrogen-bond donors (Lipinski definition) is 2. The van der Waals surface area contributed by atoms with Gasteiger partial charge < -0.3 is 5.32 Å². The highest BCUT2D eigenvalue weighted by molar-refractivity contribution is 7.99. The maximum absolute atomic E-state index is 11.9. The highest BCUT2D eigenvalue weighted by Gasteiger charge is 2.31. The maximum atomic E-state index is 11.9. The predicted molar refractivity (Wildman–Crippen MR) is 85.9 cm³/mol. The lowest BCUT2D eigenvalue weighted by Gasteiger charge is -2.29. The molecule has 2 fully saturated rings. The molecule has 2 unspecified atom stereocenters. The van der Waals surface area contributed by atoms with Crippen LogP contribution in [0.5, 0.6) is 0 Å². The van der Waals surface area contributed by atoms with Crippen LogP contribution >= 0.6 is 11.8 Å². The average molecular weight is 310 g/mol. The summed E-state index contributed by atoms with van der Waals surface area (Å²) < 4.78 is 1.88. The van der Waals surface area contributed by atoms with Crippen molar-refractivity contribution in [3.63, 3.8) is 0 Å². The molecule has 0 saturated heterocycles. The van der Waals surface area contributed by atoms with Gasteiger partial charge in [0, 0.05) is 17.3 Å². The summed E-state index contributed by atoms with van der Waals surface area (Å²) in [4.78, 5) is 11.9. The summed E-state index contributed by atoms with van der Waals surface area (Å²) in [6, 6.07) is 0.935. The fourth-order valence-corrected chi connectivity index (χ4v) is 4.65. The molecule has 0 bridgehead atoms. The number of nitrogens with one attached hydrogen (secondary N) is 2. The molecule has 2 saturated carbocycles. The van der Waals surface area contributed by atoms with Gasteiger partial charge in [-0.2, -0.15) is 0 Å². The number of thioether (sulfide) groups is 1. The van der Waals surface area contributed by atoms with Crippen LogP contribution in [0.3, 0.4) is 0 Å². The maximum Gasteiger partial charge on any atom is 0.344 e. The minimum atomic E-state index is -0.0363. The zero-order valence-electron chi connectivity index (χ0n) is 12.8. The molecule has 1 heterocycles. The van der Waals surface area contributed by atoms with Gasteiger partial charge in [-0.05, 0) is 32.2 Å². The summed E-state index contributed by atoms with van der Waals surface area (Å²) >= 11 is 1.81. The summed E-state index contributed by atoms with van der Waals surface area (Å²) in [5.74, 6) is 0. The van der Waals surface area contributed by atoms with Crippen molar-refractivity contribution in [2.75, 3.05) is 6.54 Å². The Morgan fingerprint density at radius 3 is 2.71 bits per heavy atom. The highest BCUT2D eigenvalue weighted by atomic mass is 32.2. The Labute approximate surface area is 130 Å². The molecule has 2 atom stereocenters. The molecule has 0 spiro atoms. The van der Waals surface area contributed by atoms with Crippen LogP contribution in [0, 0.1) is 0 Å². The summed E-state index contributed by atoms with van der Waals surface area (Å²) in [5.41, 5.74) is -0.0363. The van der Waals surface area contributed by atoms with Gasteiger partial charge in [0.05, 0.1) is 0 Å². The molecule has 2 N–H and O–H groups in total. The van der Waals surface area contributed by atoms with E-state index >= 15 is 0 Å². The molecule has 118 valence electrons. The first kappa shape index (κ1) is 15.2. The van der Waals surface area contributed by atoms with E-state index in [2.05, 4.69) is 22.4 Å². The van der Waals surface area contributed by atoms with Crippen LogP contribution in [0.2, 0.25) is 0 Å². The zero-order chi connectivity index (χ0) is 14.7. The molecule has 1 aromatic rings. The van der Waals surface area contributed by atoms with Crippen molar-refractivity contribution in [2.24, 2.45) is 0 Å². The molecule has 0 aromatic carbocycles. The van der Waals surface area contributed by atoms with Gasteiger partial charge in [-0.1, -0.05) is 44.4 Å². The predicted octanol–water partition coefficient (Wildman–Crippen LogP) is 2.70. The number of aromatic nitrogens is 3. The van der Waals surface area contributed by atoms with Gasteiger partial charge in [-0.3, -0.25) is 4.57 Å². The quantitative estimate of drug-likeness (QED) is 0.878. The van der Waals surface area contributed by atoms with Crippen molar-refractivity contribution in [3.8, 4) is 0 Å². The number of hydrogen-bond acceptors (Lipinski definition) is 4. The number of nitrogens with zero attached hydrogens (tertiary/aromatic N) is 2. The number of rotatable bonds is 5. The van der Waals surface area contributed by atoms with Gasteiger partial charge in [0.2, 0.25) is 0 Å². The third-order valence-corrected chi connectivity index (χ3v) is 5.88. The second-order valence-electron chi connectivity index (χ2n) is 6.22. The number of aromatic amines is 1. The summed E-state index contributed by atoms with van der Waals surface area (Å²) in [6.07, 6.45) is 9.99. The van der Waals surface area contributed by atoms with Crippen molar-refractivity contribution in [2.45, 2.75) is 80.8 Å². The van der Waals surface area contributed by atoms with Gasteiger partial charge in [0.15, 0.2) is 5.16 Å².